The fraction of sp³-hybridized carbons (Fsp3) is 0.438. The highest BCUT2D eigenvalue weighted by Crippen LogP contribution is 2.17. The van der Waals surface area contributed by atoms with Gasteiger partial charge in [0, 0.05) is 6.04 Å². The Morgan fingerprint density at radius 2 is 2.05 bits per heavy atom. The minimum Gasteiger partial charge on any atom is -0.452 e. The van der Waals surface area contributed by atoms with Crippen molar-refractivity contribution in [2.24, 2.45) is 0 Å². The molecule has 0 bridgehead atoms. The van der Waals surface area contributed by atoms with Crippen LogP contribution in [0.5, 0.6) is 0 Å². The summed E-state index contributed by atoms with van der Waals surface area (Å²) in [6.07, 6.45) is 5.22. The van der Waals surface area contributed by atoms with Gasteiger partial charge >= 0.3 is 5.97 Å². The van der Waals surface area contributed by atoms with E-state index in [4.69, 9.17) is 10.00 Å². The van der Waals surface area contributed by atoms with Gasteiger partial charge in [-0.25, -0.2) is 9.18 Å². The van der Waals surface area contributed by atoms with E-state index in [2.05, 4.69) is 5.32 Å². The van der Waals surface area contributed by atoms with Gasteiger partial charge in [-0.3, -0.25) is 4.79 Å². The molecule has 5 nitrogen and oxygen atoms in total. The first-order valence-electron chi connectivity index (χ1n) is 7.26. The second-order valence-electron chi connectivity index (χ2n) is 5.29. The fourth-order valence-corrected chi connectivity index (χ4v) is 2.48. The molecular formula is C16H17FN2O3. The highest BCUT2D eigenvalue weighted by Gasteiger charge is 2.18. The molecule has 0 aromatic heterocycles. The van der Waals surface area contributed by atoms with Crippen LogP contribution in [0.4, 0.5) is 4.39 Å². The SMILES string of the molecule is N#Cc1ccc(C(=O)OCC(=O)NC2CCCCC2)c(F)c1. The molecule has 0 radical (unpaired) electrons. The molecule has 1 fully saturated rings. The lowest BCUT2D eigenvalue weighted by molar-refractivity contribution is -0.125. The third kappa shape index (κ3) is 4.29. The highest BCUT2D eigenvalue weighted by molar-refractivity contribution is 5.91. The summed E-state index contributed by atoms with van der Waals surface area (Å²) in [4.78, 5) is 23.4. The number of halogens is 1. The van der Waals surface area contributed by atoms with E-state index in [1.165, 1.54) is 18.6 Å². The van der Waals surface area contributed by atoms with Crippen molar-refractivity contribution in [3.8, 4) is 6.07 Å². The number of amides is 1. The van der Waals surface area contributed by atoms with Gasteiger partial charge < -0.3 is 10.1 Å². The standard InChI is InChI=1S/C16H17FN2O3/c17-14-8-11(9-18)6-7-13(14)16(21)22-10-15(20)19-12-4-2-1-3-5-12/h6-8,12H,1-5,10H2,(H,19,20). The highest BCUT2D eigenvalue weighted by atomic mass is 19.1. The maximum absolute atomic E-state index is 13.6. The lowest BCUT2D eigenvalue weighted by atomic mass is 9.95. The van der Waals surface area contributed by atoms with E-state index >= 15 is 0 Å². The zero-order valence-electron chi connectivity index (χ0n) is 12.1. The van der Waals surface area contributed by atoms with Gasteiger partial charge in [0.2, 0.25) is 0 Å². The first kappa shape index (κ1) is 16.0. The number of nitrogens with zero attached hydrogens (tertiary/aromatic N) is 1. The fourth-order valence-electron chi connectivity index (χ4n) is 2.48. The molecule has 116 valence electrons. The topological polar surface area (TPSA) is 79.2 Å². The Hall–Kier alpha value is -2.42. The molecule has 1 aromatic rings. The number of carbonyl (C=O) groups is 2. The normalized spacial score (nSPS) is 14.9. The molecule has 0 unspecified atom stereocenters. The molecular weight excluding hydrogens is 287 g/mol. The molecule has 0 spiro atoms. The number of hydrogen-bond donors (Lipinski definition) is 1. The molecule has 1 amide bonds. The van der Waals surface area contributed by atoms with Crippen LogP contribution in [0.1, 0.15) is 48.0 Å². The summed E-state index contributed by atoms with van der Waals surface area (Å²) in [6, 6.07) is 5.36. The monoisotopic (exact) mass is 304 g/mol. The van der Waals surface area contributed by atoms with Crippen molar-refractivity contribution in [2.75, 3.05) is 6.61 Å². The van der Waals surface area contributed by atoms with Crippen LogP contribution in [0.15, 0.2) is 18.2 Å². The molecule has 2 rings (SSSR count). The number of nitrogens with one attached hydrogen (secondary N) is 1. The molecule has 1 aliphatic rings. The third-order valence-corrected chi connectivity index (χ3v) is 3.62. The van der Waals surface area contributed by atoms with Crippen LogP contribution < -0.4 is 5.32 Å². The Labute approximate surface area is 128 Å². The van der Waals surface area contributed by atoms with Gasteiger partial charge in [-0.05, 0) is 31.0 Å². The van der Waals surface area contributed by atoms with Gasteiger partial charge in [0.1, 0.15) is 5.82 Å². The third-order valence-electron chi connectivity index (χ3n) is 3.62. The van der Waals surface area contributed by atoms with Gasteiger partial charge in [-0.1, -0.05) is 19.3 Å². The van der Waals surface area contributed by atoms with E-state index in [1.807, 2.05) is 0 Å². The van der Waals surface area contributed by atoms with Gasteiger partial charge in [-0.2, -0.15) is 5.26 Å². The van der Waals surface area contributed by atoms with Crippen LogP contribution in [-0.2, 0) is 9.53 Å². The summed E-state index contributed by atoms with van der Waals surface area (Å²) < 4.78 is 18.4. The molecule has 0 atom stereocenters. The zero-order valence-corrected chi connectivity index (χ0v) is 12.1. The van der Waals surface area contributed by atoms with Gasteiger partial charge in [-0.15, -0.1) is 0 Å². The van der Waals surface area contributed by atoms with Crippen molar-refractivity contribution < 1.29 is 18.7 Å². The summed E-state index contributed by atoms with van der Waals surface area (Å²) in [7, 11) is 0. The van der Waals surface area contributed by atoms with Crippen LogP contribution in [0, 0.1) is 17.1 Å². The Balaban J connectivity index is 1.84. The second kappa shape index (κ2) is 7.55. The predicted molar refractivity (Wildman–Crippen MR) is 76.4 cm³/mol. The minimum atomic E-state index is -0.916. The van der Waals surface area contributed by atoms with Crippen LogP contribution in [-0.4, -0.2) is 24.5 Å². The maximum atomic E-state index is 13.6. The molecule has 1 aliphatic carbocycles. The quantitative estimate of drug-likeness (QED) is 0.866. The van der Waals surface area contributed by atoms with Crippen molar-refractivity contribution in [2.45, 2.75) is 38.1 Å². The van der Waals surface area contributed by atoms with E-state index in [-0.39, 0.29) is 23.1 Å². The van der Waals surface area contributed by atoms with E-state index in [1.54, 1.807) is 6.07 Å². The summed E-state index contributed by atoms with van der Waals surface area (Å²) in [5.41, 5.74) is -0.173. The molecule has 1 N–H and O–H groups in total. The number of carbonyl (C=O) groups excluding carboxylic acids is 2. The smallest absolute Gasteiger partial charge is 0.341 e. The average molecular weight is 304 g/mol. The molecule has 1 aromatic carbocycles. The number of benzene rings is 1. The number of esters is 1. The van der Waals surface area contributed by atoms with Crippen LogP contribution in [0.2, 0.25) is 0 Å². The van der Waals surface area contributed by atoms with Crippen molar-refractivity contribution in [1.82, 2.24) is 5.32 Å². The van der Waals surface area contributed by atoms with Gasteiger partial charge in [0.15, 0.2) is 6.61 Å². The van der Waals surface area contributed by atoms with Crippen LogP contribution >= 0.6 is 0 Å². The summed E-state index contributed by atoms with van der Waals surface area (Å²) >= 11 is 0. The van der Waals surface area contributed by atoms with Crippen LogP contribution in [0.3, 0.4) is 0 Å². The van der Waals surface area contributed by atoms with Gasteiger partial charge in [0.05, 0.1) is 17.2 Å². The van der Waals surface area contributed by atoms with E-state index < -0.39 is 18.4 Å². The number of hydrogen-bond acceptors (Lipinski definition) is 4. The lowest BCUT2D eigenvalue weighted by Gasteiger charge is -2.22. The first-order valence-corrected chi connectivity index (χ1v) is 7.26. The predicted octanol–water partition coefficient (Wildman–Crippen LogP) is 2.30. The molecule has 0 heterocycles. The van der Waals surface area contributed by atoms with Crippen LogP contribution in [0.25, 0.3) is 0 Å². The number of rotatable bonds is 4. The van der Waals surface area contributed by atoms with Crippen molar-refractivity contribution in [3.63, 3.8) is 0 Å². The molecule has 0 saturated heterocycles. The summed E-state index contributed by atoms with van der Waals surface area (Å²) in [5, 5.41) is 11.4. The second-order valence-corrected chi connectivity index (χ2v) is 5.29. The lowest BCUT2D eigenvalue weighted by Crippen LogP contribution is -2.38. The number of nitriles is 1. The maximum Gasteiger partial charge on any atom is 0.341 e. The molecule has 1 saturated carbocycles. The molecule has 0 aliphatic heterocycles. The van der Waals surface area contributed by atoms with Crippen molar-refractivity contribution in [3.05, 3.63) is 35.1 Å². The number of ether oxygens (including phenoxy) is 1. The van der Waals surface area contributed by atoms with Crippen molar-refractivity contribution >= 4 is 11.9 Å². The van der Waals surface area contributed by atoms with Gasteiger partial charge in [0.25, 0.3) is 5.91 Å². The van der Waals surface area contributed by atoms with E-state index in [0.717, 1.165) is 31.7 Å². The van der Waals surface area contributed by atoms with E-state index in [9.17, 15) is 14.0 Å². The average Bonchev–Trinajstić information content (AvgIpc) is 2.53. The molecule has 6 heteroatoms. The Bertz CT molecular complexity index is 604. The Morgan fingerprint density at radius 1 is 1.32 bits per heavy atom. The first-order chi connectivity index (χ1) is 10.6. The van der Waals surface area contributed by atoms with E-state index in [0.29, 0.717) is 0 Å². The zero-order chi connectivity index (χ0) is 15.9. The van der Waals surface area contributed by atoms with Crippen molar-refractivity contribution in [1.29, 1.82) is 5.26 Å². The largest absolute Gasteiger partial charge is 0.452 e. The minimum absolute atomic E-state index is 0.115. The molecule has 22 heavy (non-hydrogen) atoms. The Morgan fingerprint density at radius 3 is 2.68 bits per heavy atom. The summed E-state index contributed by atoms with van der Waals surface area (Å²) in [6.45, 7) is -0.436. The summed E-state index contributed by atoms with van der Waals surface area (Å²) in [5.74, 6) is -2.13. The Kier molecular flexibility index (Phi) is 5.48.